The molecule has 24 heavy (non-hydrogen) atoms. The van der Waals surface area contributed by atoms with Crippen LogP contribution in [0.2, 0.25) is 0 Å². The molecule has 0 aliphatic rings. The normalized spacial score (nSPS) is 10.1. The summed E-state index contributed by atoms with van der Waals surface area (Å²) in [5.41, 5.74) is 1.22. The molecule has 0 heterocycles. The van der Waals surface area contributed by atoms with Gasteiger partial charge in [-0.1, -0.05) is 6.92 Å². The third kappa shape index (κ3) is 4.54. The number of amides is 2. The van der Waals surface area contributed by atoms with Crippen LogP contribution in [0.5, 0.6) is 0 Å². The average Bonchev–Trinajstić information content (AvgIpc) is 2.56. The number of carboxylic acid groups (broad SMARTS) is 1. The molecule has 6 nitrogen and oxygen atoms in total. The smallest absolute Gasteiger partial charge is 0.337 e. The van der Waals surface area contributed by atoms with Crippen LogP contribution in [0.25, 0.3) is 0 Å². The second kappa shape index (κ2) is 7.91. The highest BCUT2D eigenvalue weighted by atomic mass is 127. The molecular formula is C17H15IN2O4. The summed E-state index contributed by atoms with van der Waals surface area (Å²) in [4.78, 5) is 34.9. The van der Waals surface area contributed by atoms with Crippen molar-refractivity contribution in [1.82, 2.24) is 0 Å². The first-order chi connectivity index (χ1) is 11.4. The molecule has 0 aliphatic heterocycles. The van der Waals surface area contributed by atoms with Gasteiger partial charge in [-0.2, -0.15) is 0 Å². The summed E-state index contributed by atoms with van der Waals surface area (Å²) in [6.45, 7) is 1.75. The van der Waals surface area contributed by atoms with Crippen molar-refractivity contribution in [3.05, 3.63) is 57.2 Å². The largest absolute Gasteiger partial charge is 0.478 e. The van der Waals surface area contributed by atoms with Gasteiger partial charge in [-0.3, -0.25) is 9.59 Å². The number of carbonyl (C=O) groups excluding carboxylic acids is 2. The van der Waals surface area contributed by atoms with Gasteiger partial charge in [0.05, 0.1) is 11.3 Å². The van der Waals surface area contributed by atoms with Gasteiger partial charge in [0, 0.05) is 21.2 Å². The average molecular weight is 438 g/mol. The molecule has 2 rings (SSSR count). The molecule has 0 atom stereocenters. The van der Waals surface area contributed by atoms with E-state index in [1.165, 1.54) is 6.07 Å². The Hall–Kier alpha value is -2.42. The van der Waals surface area contributed by atoms with E-state index in [2.05, 4.69) is 10.6 Å². The molecule has 124 valence electrons. The first-order valence-corrected chi connectivity index (χ1v) is 8.22. The zero-order valence-corrected chi connectivity index (χ0v) is 15.0. The lowest BCUT2D eigenvalue weighted by molar-refractivity contribution is -0.115. The molecule has 2 aromatic carbocycles. The fourth-order valence-electron chi connectivity index (χ4n) is 1.95. The Morgan fingerprint density at radius 2 is 1.71 bits per heavy atom. The third-order valence-electron chi connectivity index (χ3n) is 3.21. The van der Waals surface area contributed by atoms with Crippen molar-refractivity contribution in [1.29, 1.82) is 0 Å². The Balaban J connectivity index is 2.16. The number of benzene rings is 2. The van der Waals surface area contributed by atoms with Gasteiger partial charge in [0.2, 0.25) is 5.91 Å². The molecular weight excluding hydrogens is 423 g/mol. The number of rotatable bonds is 5. The van der Waals surface area contributed by atoms with Crippen molar-refractivity contribution < 1.29 is 19.5 Å². The molecule has 0 aliphatic carbocycles. The molecule has 0 saturated carbocycles. The van der Waals surface area contributed by atoms with Crippen LogP contribution in [-0.4, -0.2) is 22.9 Å². The molecule has 0 bridgehead atoms. The van der Waals surface area contributed by atoms with E-state index >= 15 is 0 Å². The Morgan fingerprint density at radius 3 is 2.29 bits per heavy atom. The maximum atomic E-state index is 12.3. The number of halogens is 1. The van der Waals surface area contributed by atoms with Crippen molar-refractivity contribution in [3.8, 4) is 0 Å². The minimum absolute atomic E-state index is 0.0297. The predicted molar refractivity (Wildman–Crippen MR) is 99.4 cm³/mol. The minimum Gasteiger partial charge on any atom is -0.478 e. The van der Waals surface area contributed by atoms with E-state index in [-0.39, 0.29) is 17.2 Å². The molecule has 0 saturated heterocycles. The van der Waals surface area contributed by atoms with Gasteiger partial charge in [0.15, 0.2) is 0 Å². The lowest BCUT2D eigenvalue weighted by atomic mass is 10.1. The van der Waals surface area contributed by atoms with Gasteiger partial charge in [-0.15, -0.1) is 0 Å². The first-order valence-electron chi connectivity index (χ1n) is 7.15. The first kappa shape index (κ1) is 17.9. The van der Waals surface area contributed by atoms with E-state index in [0.29, 0.717) is 17.7 Å². The molecule has 0 aromatic heterocycles. The summed E-state index contributed by atoms with van der Waals surface area (Å²) in [5.74, 6) is -1.65. The number of carboxylic acids is 1. The van der Waals surface area contributed by atoms with Gasteiger partial charge in [0.1, 0.15) is 0 Å². The van der Waals surface area contributed by atoms with E-state index in [0.717, 1.165) is 3.57 Å². The summed E-state index contributed by atoms with van der Waals surface area (Å²) in [6, 6.07) is 11.1. The van der Waals surface area contributed by atoms with Crippen molar-refractivity contribution >= 4 is 51.7 Å². The number of aromatic carboxylic acids is 1. The van der Waals surface area contributed by atoms with Crippen molar-refractivity contribution in [2.45, 2.75) is 13.3 Å². The van der Waals surface area contributed by atoms with Gasteiger partial charge in [0.25, 0.3) is 5.91 Å². The van der Waals surface area contributed by atoms with Gasteiger partial charge in [-0.05, 0) is 65.1 Å². The second-order valence-corrected chi connectivity index (χ2v) is 6.17. The quantitative estimate of drug-likeness (QED) is 0.622. The highest BCUT2D eigenvalue weighted by Crippen LogP contribution is 2.20. The standard InChI is InChI=1S/C17H15IN2O4/c1-2-15(21)19-12-6-3-10(4-7-12)16(22)20-14-8-5-11(18)9-13(14)17(23)24/h3-9H,2H2,1H3,(H,19,21)(H,20,22)(H,23,24). The summed E-state index contributed by atoms with van der Waals surface area (Å²) in [6.07, 6.45) is 0.368. The monoisotopic (exact) mass is 438 g/mol. The lowest BCUT2D eigenvalue weighted by Crippen LogP contribution is -2.15. The van der Waals surface area contributed by atoms with E-state index in [4.69, 9.17) is 0 Å². The Kier molecular flexibility index (Phi) is 5.91. The SMILES string of the molecule is CCC(=O)Nc1ccc(C(=O)Nc2ccc(I)cc2C(=O)O)cc1. The number of hydrogen-bond acceptors (Lipinski definition) is 3. The van der Waals surface area contributed by atoms with Gasteiger partial charge in [-0.25, -0.2) is 4.79 Å². The highest BCUT2D eigenvalue weighted by Gasteiger charge is 2.14. The van der Waals surface area contributed by atoms with Crippen LogP contribution in [0.1, 0.15) is 34.1 Å². The van der Waals surface area contributed by atoms with Crippen LogP contribution in [0, 0.1) is 3.57 Å². The molecule has 0 spiro atoms. The zero-order valence-electron chi connectivity index (χ0n) is 12.8. The van der Waals surface area contributed by atoms with Crippen molar-refractivity contribution in [3.63, 3.8) is 0 Å². The third-order valence-corrected chi connectivity index (χ3v) is 3.88. The number of hydrogen-bond donors (Lipinski definition) is 3. The van der Waals surface area contributed by atoms with Crippen LogP contribution >= 0.6 is 22.6 Å². The molecule has 2 aromatic rings. The van der Waals surface area contributed by atoms with E-state index in [1.54, 1.807) is 43.3 Å². The van der Waals surface area contributed by atoms with Crippen molar-refractivity contribution in [2.75, 3.05) is 10.6 Å². The number of carbonyl (C=O) groups is 3. The molecule has 0 radical (unpaired) electrons. The van der Waals surface area contributed by atoms with Crippen LogP contribution < -0.4 is 10.6 Å². The molecule has 3 N–H and O–H groups in total. The maximum absolute atomic E-state index is 12.3. The van der Waals surface area contributed by atoms with Crippen molar-refractivity contribution in [2.24, 2.45) is 0 Å². The van der Waals surface area contributed by atoms with Crippen LogP contribution in [0.15, 0.2) is 42.5 Å². The summed E-state index contributed by atoms with van der Waals surface area (Å²) in [5, 5.41) is 14.5. The zero-order chi connectivity index (χ0) is 17.7. The van der Waals surface area contributed by atoms with E-state index in [1.807, 2.05) is 22.6 Å². The topological polar surface area (TPSA) is 95.5 Å². The molecule has 0 unspecified atom stereocenters. The summed E-state index contributed by atoms with van der Waals surface area (Å²) >= 11 is 2.01. The Morgan fingerprint density at radius 1 is 1.04 bits per heavy atom. The predicted octanol–water partition coefficient (Wildman–Crippen LogP) is 3.59. The fourth-order valence-corrected chi connectivity index (χ4v) is 2.44. The Labute approximate surface area is 152 Å². The van der Waals surface area contributed by atoms with Crippen LogP contribution in [0.4, 0.5) is 11.4 Å². The Bertz CT molecular complexity index is 788. The molecule has 2 amide bonds. The van der Waals surface area contributed by atoms with E-state index in [9.17, 15) is 19.5 Å². The maximum Gasteiger partial charge on any atom is 0.337 e. The van der Waals surface area contributed by atoms with Crippen LogP contribution in [0.3, 0.4) is 0 Å². The fraction of sp³-hybridized carbons (Fsp3) is 0.118. The van der Waals surface area contributed by atoms with E-state index < -0.39 is 11.9 Å². The molecule has 7 heteroatoms. The molecule has 0 fully saturated rings. The van der Waals surface area contributed by atoms with Crippen LogP contribution in [-0.2, 0) is 4.79 Å². The second-order valence-electron chi connectivity index (χ2n) is 4.93. The minimum atomic E-state index is -1.11. The highest BCUT2D eigenvalue weighted by molar-refractivity contribution is 14.1. The van der Waals surface area contributed by atoms with Gasteiger partial charge < -0.3 is 15.7 Å². The summed E-state index contributed by atoms with van der Waals surface area (Å²) < 4.78 is 0.763. The van der Waals surface area contributed by atoms with Gasteiger partial charge >= 0.3 is 5.97 Å². The number of nitrogens with one attached hydrogen (secondary N) is 2. The summed E-state index contributed by atoms with van der Waals surface area (Å²) in [7, 11) is 0. The number of anilines is 2. The lowest BCUT2D eigenvalue weighted by Gasteiger charge is -2.10.